The number of unbranched alkanes of at least 4 members (excludes halogenated alkanes) is 16. The number of imidazole rings is 1. The van der Waals surface area contributed by atoms with E-state index < -0.39 is 0 Å². The fourth-order valence-electron chi connectivity index (χ4n) is 5.68. The van der Waals surface area contributed by atoms with E-state index in [1.165, 1.54) is 79.8 Å². The Morgan fingerprint density at radius 2 is 1.27 bits per heavy atom. The van der Waals surface area contributed by atoms with Crippen LogP contribution in [0.2, 0.25) is 0 Å². The third-order valence-electron chi connectivity index (χ3n) is 8.22. The van der Waals surface area contributed by atoms with Crippen LogP contribution in [0.3, 0.4) is 0 Å². The number of hydrogen-bond acceptors (Lipinski definition) is 5. The maximum atomic E-state index is 13.4. The highest BCUT2D eigenvalue weighted by Crippen LogP contribution is 2.16. The summed E-state index contributed by atoms with van der Waals surface area (Å²) in [5, 5.41) is 13.0. The van der Waals surface area contributed by atoms with Gasteiger partial charge in [-0.15, -0.1) is 0 Å². The molecule has 0 fully saturated rings. The van der Waals surface area contributed by atoms with Crippen molar-refractivity contribution in [2.24, 2.45) is 14.1 Å². The van der Waals surface area contributed by atoms with Crippen LogP contribution in [0.15, 0.2) is 15.9 Å². The maximum Gasteiger partial charge on any atom is 0.333 e. The summed E-state index contributed by atoms with van der Waals surface area (Å²) in [5.41, 5.74) is 0.341. The Morgan fingerprint density at radius 1 is 0.775 bits per heavy atom. The number of aromatic nitrogens is 4. The number of fused-ring (bicyclic) bond motifs is 1. The highest BCUT2D eigenvalue weighted by Gasteiger charge is 2.21. The Hall–Kier alpha value is -1.93. The van der Waals surface area contributed by atoms with Crippen LogP contribution < -0.4 is 16.6 Å². The van der Waals surface area contributed by atoms with Crippen molar-refractivity contribution in [3.05, 3.63) is 27.2 Å². The SMILES string of the molecule is CCCCCCCCCCCCCCNC(CCCCCCCCC(C)O)n1c(=O)c2c(ncn2C)n(C)c1=O. The number of rotatable bonds is 24. The highest BCUT2D eigenvalue weighted by molar-refractivity contribution is 5.69. The average molecular weight is 562 g/mol. The largest absolute Gasteiger partial charge is 0.393 e. The highest BCUT2D eigenvalue weighted by atomic mass is 16.3. The normalized spacial score (nSPS) is 13.3. The summed E-state index contributed by atoms with van der Waals surface area (Å²) in [5.74, 6) is 0. The Bertz CT molecular complexity index is 1060. The Labute approximate surface area is 242 Å². The first-order chi connectivity index (χ1) is 19.4. The summed E-state index contributed by atoms with van der Waals surface area (Å²) in [6.07, 6.45) is 25.0. The number of aliphatic hydroxyl groups excluding tert-OH is 1. The molecule has 0 aliphatic carbocycles. The molecule has 0 aromatic carbocycles. The Morgan fingerprint density at radius 3 is 1.82 bits per heavy atom. The summed E-state index contributed by atoms with van der Waals surface area (Å²) in [6.45, 7) is 4.92. The van der Waals surface area contributed by atoms with Gasteiger partial charge in [0.2, 0.25) is 0 Å². The third kappa shape index (κ3) is 11.9. The van der Waals surface area contributed by atoms with E-state index in [0.717, 1.165) is 64.3 Å². The van der Waals surface area contributed by atoms with Crippen LogP contribution in [0.5, 0.6) is 0 Å². The van der Waals surface area contributed by atoms with Crippen molar-refractivity contribution < 1.29 is 5.11 Å². The first-order valence-corrected chi connectivity index (χ1v) is 16.4. The average Bonchev–Trinajstić information content (AvgIpc) is 3.32. The van der Waals surface area contributed by atoms with E-state index in [9.17, 15) is 14.7 Å². The van der Waals surface area contributed by atoms with Crippen LogP contribution in [0.25, 0.3) is 11.2 Å². The minimum atomic E-state index is -0.312. The number of nitrogens with one attached hydrogen (secondary N) is 1. The van der Waals surface area contributed by atoms with Crippen LogP contribution in [0.1, 0.15) is 148 Å². The third-order valence-corrected chi connectivity index (χ3v) is 8.22. The van der Waals surface area contributed by atoms with Crippen LogP contribution in [0.4, 0.5) is 0 Å². The van der Waals surface area contributed by atoms with Crippen molar-refractivity contribution >= 4 is 11.2 Å². The van der Waals surface area contributed by atoms with Crippen LogP contribution in [-0.2, 0) is 14.1 Å². The van der Waals surface area contributed by atoms with Gasteiger partial charge in [-0.25, -0.2) is 14.3 Å². The van der Waals surface area contributed by atoms with Crippen molar-refractivity contribution in [1.82, 2.24) is 24.0 Å². The van der Waals surface area contributed by atoms with Gasteiger partial charge in [0.05, 0.1) is 18.6 Å². The zero-order valence-electron chi connectivity index (χ0n) is 26.1. The summed E-state index contributed by atoms with van der Waals surface area (Å²) in [7, 11) is 3.50. The van der Waals surface area contributed by atoms with Crippen LogP contribution in [-0.4, -0.2) is 36.4 Å². The second-order valence-corrected chi connectivity index (χ2v) is 12.0. The van der Waals surface area contributed by atoms with E-state index in [-0.39, 0.29) is 23.5 Å². The zero-order chi connectivity index (χ0) is 29.2. The summed E-state index contributed by atoms with van der Waals surface area (Å²) < 4.78 is 4.63. The predicted molar refractivity (Wildman–Crippen MR) is 167 cm³/mol. The second-order valence-electron chi connectivity index (χ2n) is 12.0. The lowest BCUT2D eigenvalue weighted by atomic mass is 10.0. The van der Waals surface area contributed by atoms with Crippen LogP contribution in [0, 0.1) is 0 Å². The molecule has 2 rings (SSSR count). The smallest absolute Gasteiger partial charge is 0.333 e. The standard InChI is InChI=1S/C32H59N5O3/c1-5-6-7-8-9-10-11-12-13-16-19-22-25-33-28(24-21-18-15-14-17-20-23-27(2)38)37-31(39)29-30(34-26-35(29)3)36(4)32(37)40/h26-28,33,38H,5-25H2,1-4H3. The predicted octanol–water partition coefficient (Wildman–Crippen LogP) is 6.72. The fourth-order valence-corrected chi connectivity index (χ4v) is 5.68. The van der Waals surface area contributed by atoms with Gasteiger partial charge in [0.1, 0.15) is 0 Å². The molecule has 0 bridgehead atoms. The van der Waals surface area contributed by atoms with Gasteiger partial charge in [0.25, 0.3) is 5.56 Å². The molecular weight excluding hydrogens is 502 g/mol. The van der Waals surface area contributed by atoms with Crippen LogP contribution >= 0.6 is 0 Å². The Balaban J connectivity index is 1.84. The molecule has 0 aliphatic heterocycles. The molecule has 2 unspecified atom stereocenters. The summed E-state index contributed by atoms with van der Waals surface area (Å²) >= 11 is 0. The minimum absolute atomic E-state index is 0.213. The van der Waals surface area contributed by atoms with Crippen molar-refractivity contribution in [3.8, 4) is 0 Å². The summed E-state index contributed by atoms with van der Waals surface area (Å²) in [6, 6.07) is 0. The molecule has 2 heterocycles. The molecule has 0 saturated carbocycles. The molecule has 2 aromatic rings. The molecule has 0 radical (unpaired) electrons. The van der Waals surface area contributed by atoms with E-state index in [1.54, 1.807) is 25.0 Å². The van der Waals surface area contributed by atoms with E-state index in [4.69, 9.17) is 0 Å². The fraction of sp³-hybridized carbons (Fsp3) is 0.844. The number of nitrogens with zero attached hydrogens (tertiary/aromatic N) is 4. The molecule has 2 N–H and O–H groups in total. The molecular formula is C32H59N5O3. The molecule has 8 heteroatoms. The van der Waals surface area contributed by atoms with Crippen molar-refractivity contribution in [2.45, 2.75) is 155 Å². The van der Waals surface area contributed by atoms with Gasteiger partial charge >= 0.3 is 5.69 Å². The number of aliphatic hydroxyl groups is 1. The molecule has 2 aromatic heterocycles. The summed E-state index contributed by atoms with van der Waals surface area (Å²) in [4.78, 5) is 31.0. The van der Waals surface area contributed by atoms with Gasteiger partial charge in [-0.2, -0.15) is 0 Å². The molecule has 0 saturated heterocycles. The lowest BCUT2D eigenvalue weighted by molar-refractivity contribution is 0.180. The van der Waals surface area contributed by atoms with Crippen molar-refractivity contribution in [3.63, 3.8) is 0 Å². The quantitative estimate of drug-likeness (QED) is 0.139. The first-order valence-electron chi connectivity index (χ1n) is 16.4. The lowest BCUT2D eigenvalue weighted by Gasteiger charge is -2.22. The molecule has 0 spiro atoms. The monoisotopic (exact) mass is 561 g/mol. The first kappa shape index (κ1) is 34.3. The van der Waals surface area contributed by atoms with Gasteiger partial charge in [-0.1, -0.05) is 116 Å². The van der Waals surface area contributed by atoms with Gasteiger partial charge in [-0.3, -0.25) is 14.7 Å². The zero-order valence-corrected chi connectivity index (χ0v) is 26.1. The van der Waals surface area contributed by atoms with Crippen molar-refractivity contribution in [1.29, 1.82) is 0 Å². The topological polar surface area (TPSA) is 94.1 Å². The lowest BCUT2D eigenvalue weighted by Crippen LogP contribution is -2.46. The molecule has 230 valence electrons. The van der Waals surface area contributed by atoms with Gasteiger partial charge in [0.15, 0.2) is 11.2 Å². The van der Waals surface area contributed by atoms with Crippen molar-refractivity contribution in [2.75, 3.05) is 6.54 Å². The second kappa shape index (κ2) is 20.0. The van der Waals surface area contributed by atoms with Gasteiger partial charge < -0.3 is 9.67 Å². The maximum absolute atomic E-state index is 13.4. The molecule has 0 aliphatic rings. The number of hydrogen-bond donors (Lipinski definition) is 2. The number of aryl methyl sites for hydroxylation is 2. The Kier molecular flexibility index (Phi) is 17.2. The molecule has 40 heavy (non-hydrogen) atoms. The molecule has 0 amide bonds. The van der Waals surface area contributed by atoms with E-state index in [2.05, 4.69) is 17.2 Å². The molecule has 8 nitrogen and oxygen atoms in total. The van der Waals surface area contributed by atoms with E-state index in [0.29, 0.717) is 11.2 Å². The molecule has 2 atom stereocenters. The minimum Gasteiger partial charge on any atom is -0.393 e. The van der Waals surface area contributed by atoms with E-state index in [1.807, 2.05) is 6.92 Å². The van der Waals surface area contributed by atoms with E-state index >= 15 is 0 Å². The van der Waals surface area contributed by atoms with Gasteiger partial charge in [-0.05, 0) is 32.7 Å². The van der Waals surface area contributed by atoms with Gasteiger partial charge in [0, 0.05) is 14.1 Å².